The maximum Gasteiger partial charge on any atom is 0.490 e. The molecule has 5 aromatic heterocycles. The number of hydrogen-bond donors (Lipinski definition) is 11. The molecule has 8 rings (SSSR count). The topological polar surface area (TPSA) is 525 Å². The van der Waals surface area contributed by atoms with Gasteiger partial charge in [0.2, 0.25) is 17.7 Å². The number of rotatable bonds is 22. The molecule has 424 valence electrons. The molecule has 77 heavy (non-hydrogen) atoms. The summed E-state index contributed by atoms with van der Waals surface area (Å²) in [6, 6.07) is 0.924. The van der Waals surface area contributed by atoms with Gasteiger partial charge < -0.3 is 70.3 Å². The number of carbonyl (C=O) groups excluding carboxylic acids is 1. The Labute approximate surface area is 429 Å². The van der Waals surface area contributed by atoms with Crippen LogP contribution in [0.3, 0.4) is 0 Å². The SMILES string of the molecule is CNC(=O)C[C@H]1[C@@H](OC)[C@H]([n+]2cn(C)c3c(=O)[nH]c(N)nc32)O[C@@H]1COP(=O)(O)OP(=O)(O)OP(=O)(O)OC[C@H]1O[C@@H](n2cnc3c(N)ncnc32)[C@H](OC)[C@@H]1OP(=O)(O)OC[C@H]1O[C@@H](n2ccc(=O)[nH]c2=O)[C@H](O)[C@@H]1O. The van der Waals surface area contributed by atoms with E-state index in [9.17, 15) is 67.2 Å². The normalized spacial score (nSPS) is 29.8. The number of phosphoric ester groups is 3. The van der Waals surface area contributed by atoms with E-state index in [4.69, 9.17) is 53.2 Å². The van der Waals surface area contributed by atoms with Gasteiger partial charge in [-0.25, -0.2) is 42.6 Å². The van der Waals surface area contributed by atoms with E-state index in [1.165, 1.54) is 41.2 Å². The third-order valence-electron chi connectivity index (χ3n) is 12.1. The van der Waals surface area contributed by atoms with Crippen LogP contribution in [0.5, 0.6) is 0 Å². The monoisotopic (exact) mass is 1180 g/mol. The molecule has 0 aromatic carbocycles. The van der Waals surface area contributed by atoms with Crippen molar-refractivity contribution in [2.24, 2.45) is 13.0 Å². The van der Waals surface area contributed by atoms with Crippen molar-refractivity contribution in [3.8, 4) is 0 Å². The standard InChI is InChI=1S/C35H49N13O25P4/c1-38-19(50)7-14-15(68-32(24(14)63-3)48-13-45(2)21-29(48)43-34(37)44-30(21)53)8-66-75(57,58)72-77(61,62)73-76(59,60)67-10-17-25(26(64-4)33(70-17)47-12-41-20-27(36)39-11-40-28(20)47)71-74(55,56)65-9-16-22(51)23(52)31(69-16)46-6-5-18(49)42-35(46)54/h5-6,11-17,22-26,31-33,51-52H,7-10H2,1-4H3,(H10-,36,37,38,39,40,42,43,44,49,50,53,54,55,56,57,58,59,60,61,62)/p+1/t14-,15-,16-,17-,22-,23-,24-,25-,26-,31-,32-,33-/m1/s1. The number of amides is 1. The van der Waals surface area contributed by atoms with E-state index >= 15 is 0 Å². The Hall–Kier alpha value is -5.11. The van der Waals surface area contributed by atoms with Gasteiger partial charge in [0.25, 0.3) is 17.1 Å². The third kappa shape index (κ3) is 12.5. The molecule has 0 saturated carbocycles. The Bertz CT molecular complexity index is 3390. The lowest BCUT2D eigenvalue weighted by Gasteiger charge is -2.26. The van der Waals surface area contributed by atoms with Crippen LogP contribution in [-0.2, 0) is 80.5 Å². The molecule has 5 aromatic rings. The number of methoxy groups -OCH3 is 2. The lowest BCUT2D eigenvalue weighted by Crippen LogP contribution is -2.46. The number of aliphatic hydroxyl groups excluding tert-OH is 2. The quantitative estimate of drug-likeness (QED) is 0.0234. The summed E-state index contributed by atoms with van der Waals surface area (Å²) in [4.78, 5) is 113. The summed E-state index contributed by atoms with van der Waals surface area (Å²) in [7, 11) is -18.3. The summed E-state index contributed by atoms with van der Waals surface area (Å²) in [6.07, 6.45) is -13.2. The number of anilines is 2. The minimum absolute atomic E-state index is 0.00442. The number of carbonyl (C=O) groups is 1. The lowest BCUT2D eigenvalue weighted by atomic mass is 9.94. The Morgan fingerprint density at radius 2 is 1.44 bits per heavy atom. The van der Waals surface area contributed by atoms with Gasteiger partial charge in [0.05, 0.1) is 39.3 Å². The van der Waals surface area contributed by atoms with Crippen LogP contribution in [0, 0.1) is 5.92 Å². The van der Waals surface area contributed by atoms with Gasteiger partial charge in [0.1, 0.15) is 54.6 Å². The zero-order valence-corrected chi connectivity index (χ0v) is 43.7. The fraction of sp³-hybridized carbons (Fsp3) is 0.571. The highest BCUT2D eigenvalue weighted by Crippen LogP contribution is 2.68. The first-order chi connectivity index (χ1) is 36.2. The van der Waals surface area contributed by atoms with E-state index in [2.05, 4.69) is 38.9 Å². The number of nitrogens with one attached hydrogen (secondary N) is 3. The van der Waals surface area contributed by atoms with Gasteiger partial charge in [-0.1, -0.05) is 4.98 Å². The van der Waals surface area contributed by atoms with Gasteiger partial charge >= 0.3 is 42.6 Å². The predicted octanol–water partition coefficient (Wildman–Crippen LogP) is -3.83. The number of nitrogens with two attached hydrogens (primary N) is 2. The number of aromatic amines is 2. The first-order valence-electron chi connectivity index (χ1n) is 22.1. The van der Waals surface area contributed by atoms with Crippen LogP contribution in [0.25, 0.3) is 22.3 Å². The number of aliphatic hydroxyl groups is 2. The second-order valence-corrected chi connectivity index (χ2v) is 23.0. The maximum atomic E-state index is 13.6. The number of hydrogen-bond acceptors (Lipinski definition) is 27. The van der Waals surface area contributed by atoms with E-state index in [-0.39, 0.29) is 40.5 Å². The van der Waals surface area contributed by atoms with Crippen molar-refractivity contribution < 1.29 is 108 Å². The number of phosphoric acid groups is 4. The molecule has 0 spiro atoms. The van der Waals surface area contributed by atoms with Gasteiger partial charge in [-0.15, -0.1) is 0 Å². The number of fused-ring (bicyclic) bond motifs is 2. The highest BCUT2D eigenvalue weighted by Gasteiger charge is 2.54. The fourth-order valence-corrected chi connectivity index (χ4v) is 13.2. The Morgan fingerprint density at radius 1 is 0.805 bits per heavy atom. The van der Waals surface area contributed by atoms with Crippen LogP contribution in [0.1, 0.15) is 25.1 Å². The summed E-state index contributed by atoms with van der Waals surface area (Å²) in [5, 5.41) is 23.7. The van der Waals surface area contributed by atoms with E-state index in [1.54, 1.807) is 0 Å². The molecule has 13 N–H and O–H groups in total. The molecule has 3 fully saturated rings. The number of aromatic nitrogens is 10. The van der Waals surface area contributed by atoms with Crippen LogP contribution in [0.4, 0.5) is 11.8 Å². The highest BCUT2D eigenvalue weighted by molar-refractivity contribution is 7.66. The number of imidazole rings is 2. The van der Waals surface area contributed by atoms with Gasteiger partial charge in [0, 0.05) is 45.9 Å². The molecule has 3 saturated heterocycles. The van der Waals surface area contributed by atoms with E-state index in [1.807, 2.05) is 4.98 Å². The molecular weight excluding hydrogens is 1130 g/mol. The summed E-state index contributed by atoms with van der Waals surface area (Å²) in [6.45, 7) is -3.26. The zero-order valence-electron chi connectivity index (χ0n) is 40.1. The summed E-state index contributed by atoms with van der Waals surface area (Å²) >= 11 is 0. The number of ether oxygens (including phenoxy) is 5. The molecule has 1 amide bonds. The first-order valence-corrected chi connectivity index (χ1v) is 28.1. The minimum atomic E-state index is -6.21. The van der Waals surface area contributed by atoms with E-state index in [0.717, 1.165) is 36.6 Å². The van der Waals surface area contributed by atoms with Crippen molar-refractivity contribution in [1.29, 1.82) is 0 Å². The number of aryl methyl sites for hydroxylation is 1. The lowest BCUT2D eigenvalue weighted by molar-refractivity contribution is -0.746. The predicted molar refractivity (Wildman–Crippen MR) is 249 cm³/mol. The van der Waals surface area contributed by atoms with E-state index in [0.29, 0.717) is 0 Å². The molecule has 8 heterocycles. The van der Waals surface area contributed by atoms with Gasteiger partial charge in [-0.05, 0) is 0 Å². The summed E-state index contributed by atoms with van der Waals surface area (Å²) < 4.78 is 116. The largest absolute Gasteiger partial charge is 0.490 e. The van der Waals surface area contributed by atoms with Crippen LogP contribution in [0.2, 0.25) is 0 Å². The Kier molecular flexibility index (Phi) is 17.0. The van der Waals surface area contributed by atoms with Crippen molar-refractivity contribution in [3.63, 3.8) is 0 Å². The molecule has 0 bridgehead atoms. The van der Waals surface area contributed by atoms with Crippen LogP contribution < -0.4 is 38.2 Å². The van der Waals surface area contributed by atoms with Gasteiger partial charge in [0.15, 0.2) is 30.2 Å². The number of nitrogens with zero attached hydrogens (tertiary/aromatic N) is 8. The molecule has 16 atom stereocenters. The van der Waals surface area contributed by atoms with Crippen LogP contribution in [0.15, 0.2) is 45.6 Å². The van der Waals surface area contributed by atoms with Crippen molar-refractivity contribution in [2.45, 2.75) is 73.9 Å². The molecule has 0 radical (unpaired) electrons. The second kappa shape index (κ2) is 22.6. The van der Waals surface area contributed by atoms with Gasteiger partial charge in [-0.2, -0.15) is 8.62 Å². The minimum Gasteiger partial charge on any atom is -0.387 e. The molecule has 3 aliphatic rings. The molecule has 0 aliphatic carbocycles. The summed E-state index contributed by atoms with van der Waals surface area (Å²) in [5.74, 6) is -1.92. The molecule has 3 aliphatic heterocycles. The second-order valence-electron chi connectivity index (χ2n) is 17.0. The zero-order chi connectivity index (χ0) is 56.1. The smallest absolute Gasteiger partial charge is 0.387 e. The number of nitrogen functional groups attached to an aromatic ring is 2. The Balaban J connectivity index is 0.953. The van der Waals surface area contributed by atoms with Gasteiger partial charge in [-0.3, -0.25) is 56.1 Å². The summed E-state index contributed by atoms with van der Waals surface area (Å²) in [5.41, 5.74) is 9.40. The van der Waals surface area contributed by atoms with Crippen LogP contribution in [-0.4, -0.2) is 169 Å². The maximum absolute atomic E-state index is 13.6. The van der Waals surface area contributed by atoms with Crippen molar-refractivity contribution in [3.05, 3.63) is 62.4 Å². The van der Waals surface area contributed by atoms with E-state index < -0.39 is 147 Å². The first kappa shape index (κ1) is 58.0. The molecular formula is C35H50N13O25P4+. The van der Waals surface area contributed by atoms with Crippen molar-refractivity contribution >= 4 is 71.3 Å². The molecule has 42 heteroatoms. The van der Waals surface area contributed by atoms with Crippen LogP contribution >= 0.6 is 31.3 Å². The average Bonchev–Trinajstić information content (AvgIpc) is 4.15. The average molecular weight is 1180 g/mol. The molecule has 4 unspecified atom stereocenters. The molecule has 38 nitrogen and oxygen atoms in total. The fourth-order valence-electron chi connectivity index (χ4n) is 8.71. The third-order valence-corrected chi connectivity index (χ3v) is 17.3. The Morgan fingerprint density at radius 3 is 2.09 bits per heavy atom. The van der Waals surface area contributed by atoms with Crippen molar-refractivity contribution in [1.82, 2.24) is 48.9 Å². The highest BCUT2D eigenvalue weighted by atomic mass is 31.3. The van der Waals surface area contributed by atoms with Crippen molar-refractivity contribution in [2.75, 3.05) is 52.6 Å². The number of H-pyrrole nitrogens is 2.